The second-order valence-electron chi connectivity index (χ2n) is 10.2. The lowest BCUT2D eigenvalue weighted by Crippen LogP contribution is -2.58. The Morgan fingerprint density at radius 3 is 2.52 bits per heavy atom. The summed E-state index contributed by atoms with van der Waals surface area (Å²) in [5.41, 5.74) is 1.21. The zero-order valence-electron chi connectivity index (χ0n) is 23.8. The van der Waals surface area contributed by atoms with E-state index in [1.807, 2.05) is 13.8 Å². The van der Waals surface area contributed by atoms with Gasteiger partial charge in [-0.1, -0.05) is 17.7 Å². The van der Waals surface area contributed by atoms with Gasteiger partial charge in [-0.05, 0) is 60.9 Å². The molecule has 13 heteroatoms. The van der Waals surface area contributed by atoms with Gasteiger partial charge in [0.05, 0.1) is 19.2 Å². The lowest BCUT2D eigenvalue weighted by molar-refractivity contribution is -0.113. The van der Waals surface area contributed by atoms with Crippen molar-refractivity contribution in [1.29, 1.82) is 0 Å². The molecule has 0 radical (unpaired) electrons. The molecule has 3 N–H and O–H groups in total. The fourth-order valence-electron chi connectivity index (χ4n) is 4.52. The average molecular weight is 603 g/mol. The molecule has 10 nitrogen and oxygen atoms in total. The first-order valence-corrected chi connectivity index (χ1v) is 13.8. The van der Waals surface area contributed by atoms with Crippen molar-refractivity contribution in [3.63, 3.8) is 0 Å². The monoisotopic (exact) mass is 602 g/mol. The van der Waals surface area contributed by atoms with Gasteiger partial charge >= 0.3 is 0 Å². The van der Waals surface area contributed by atoms with Crippen LogP contribution in [-0.4, -0.2) is 71.6 Å². The number of aromatic nitrogens is 2. The number of rotatable bonds is 11. The maximum atomic E-state index is 13.5. The molecule has 4 rings (SSSR count). The maximum Gasteiger partial charge on any atom is 0.282 e. The van der Waals surface area contributed by atoms with E-state index < -0.39 is 36.4 Å². The third-order valence-electron chi connectivity index (χ3n) is 6.73. The number of carbonyl (C=O) groups excluding carboxylic acids is 2. The number of methoxy groups -OCH3 is 1. The number of halogens is 3. The summed E-state index contributed by atoms with van der Waals surface area (Å²) in [6, 6.07) is 9.37. The highest BCUT2D eigenvalue weighted by Gasteiger charge is 2.46. The molecule has 1 aliphatic rings. The number of benzene rings is 1. The first-order valence-electron chi connectivity index (χ1n) is 13.4. The number of aryl methyl sites for hydroxylation is 1. The van der Waals surface area contributed by atoms with Gasteiger partial charge in [-0.15, -0.1) is 0 Å². The Morgan fingerprint density at radius 2 is 1.86 bits per heavy atom. The number of pyridine rings is 2. The average Bonchev–Trinajstić information content (AvgIpc) is 2.92. The van der Waals surface area contributed by atoms with Crippen LogP contribution in [0.4, 0.5) is 20.4 Å². The molecule has 1 saturated heterocycles. The number of carbonyl (C=O) groups is 2. The maximum absolute atomic E-state index is 13.5. The number of nitrogens with one attached hydrogen (secondary N) is 3. The van der Waals surface area contributed by atoms with Gasteiger partial charge in [0.1, 0.15) is 17.2 Å². The highest BCUT2D eigenvalue weighted by atomic mass is 35.5. The SMILES string of the molecule is CCNc1cc(-c2ccc(Cl)cc2C(=O)N2CC(F)(F)C2)cc(NC(=O)c2cc(CNC[C@H](C)OC)cn(C)c2=O)n1. The smallest absolute Gasteiger partial charge is 0.282 e. The molecule has 1 aromatic carbocycles. The predicted molar refractivity (Wildman–Crippen MR) is 158 cm³/mol. The summed E-state index contributed by atoms with van der Waals surface area (Å²) in [7, 11) is 3.18. The number of anilines is 2. The van der Waals surface area contributed by atoms with Crippen molar-refractivity contribution >= 4 is 35.1 Å². The summed E-state index contributed by atoms with van der Waals surface area (Å²) in [5.74, 6) is -3.65. The van der Waals surface area contributed by atoms with E-state index in [0.717, 1.165) is 10.5 Å². The molecule has 1 atom stereocenters. The van der Waals surface area contributed by atoms with Crippen molar-refractivity contribution in [2.75, 3.05) is 43.9 Å². The molecule has 224 valence electrons. The molecule has 2 amide bonds. The van der Waals surface area contributed by atoms with E-state index in [2.05, 4.69) is 20.9 Å². The highest BCUT2D eigenvalue weighted by Crippen LogP contribution is 2.34. The van der Waals surface area contributed by atoms with Crippen LogP contribution in [-0.2, 0) is 18.3 Å². The number of hydrogen-bond acceptors (Lipinski definition) is 7. The van der Waals surface area contributed by atoms with Gasteiger partial charge in [0.25, 0.3) is 23.3 Å². The predicted octanol–water partition coefficient (Wildman–Crippen LogP) is 4.00. The van der Waals surface area contributed by atoms with Crippen molar-refractivity contribution < 1.29 is 23.1 Å². The Hall–Kier alpha value is -3.87. The molecule has 0 spiro atoms. The Labute approximate surface area is 247 Å². The topological polar surface area (TPSA) is 118 Å². The van der Waals surface area contributed by atoms with Crippen LogP contribution in [0.3, 0.4) is 0 Å². The summed E-state index contributed by atoms with van der Waals surface area (Å²) in [6.45, 7) is 3.94. The molecule has 3 heterocycles. The summed E-state index contributed by atoms with van der Waals surface area (Å²) in [4.78, 5) is 44.8. The lowest BCUT2D eigenvalue weighted by Gasteiger charge is -2.39. The van der Waals surface area contributed by atoms with E-state index in [-0.39, 0.29) is 28.1 Å². The fourth-order valence-corrected chi connectivity index (χ4v) is 4.69. The Bertz CT molecular complexity index is 1540. The van der Waals surface area contributed by atoms with Gasteiger partial charge in [0.2, 0.25) is 0 Å². The minimum absolute atomic E-state index is 0.00659. The van der Waals surface area contributed by atoms with Gasteiger partial charge in [-0.3, -0.25) is 14.4 Å². The number of nitrogens with zero attached hydrogens (tertiary/aromatic N) is 3. The van der Waals surface area contributed by atoms with Crippen LogP contribution in [0.25, 0.3) is 11.1 Å². The summed E-state index contributed by atoms with van der Waals surface area (Å²) >= 11 is 6.17. The van der Waals surface area contributed by atoms with Crippen LogP contribution < -0.4 is 21.5 Å². The van der Waals surface area contributed by atoms with E-state index in [4.69, 9.17) is 16.3 Å². The van der Waals surface area contributed by atoms with Gasteiger partial charge in [-0.25, -0.2) is 13.8 Å². The number of amides is 2. The van der Waals surface area contributed by atoms with Crippen molar-refractivity contribution in [3.05, 3.63) is 74.7 Å². The normalized spacial score (nSPS) is 14.7. The van der Waals surface area contributed by atoms with Gasteiger partial charge < -0.3 is 30.2 Å². The Balaban J connectivity index is 1.65. The molecule has 0 aliphatic carbocycles. The molecule has 1 aliphatic heterocycles. The summed E-state index contributed by atoms with van der Waals surface area (Å²) < 4.78 is 33.6. The number of ether oxygens (including phenoxy) is 1. The van der Waals surface area contributed by atoms with E-state index in [9.17, 15) is 23.2 Å². The largest absolute Gasteiger partial charge is 0.380 e. The molecule has 0 saturated carbocycles. The Kier molecular flexibility index (Phi) is 9.60. The van der Waals surface area contributed by atoms with Crippen molar-refractivity contribution in [1.82, 2.24) is 19.8 Å². The second kappa shape index (κ2) is 13.0. The van der Waals surface area contributed by atoms with Crippen molar-refractivity contribution in [2.45, 2.75) is 32.4 Å². The zero-order chi connectivity index (χ0) is 30.6. The standard InChI is InChI=1S/C29H33ClF2N6O4/c1-5-34-24-9-19(21-7-6-20(30)11-22(21)28(41)38-15-29(31,32)16-38)10-25(35-24)36-26(39)23-8-18(14-37(3)27(23)40)13-33-12-17(2)42-4/h6-11,14,17,33H,5,12-13,15-16H2,1-4H3,(H2,34,35,36,39)/t17-/m0/s1. The number of likely N-dealkylation sites (tertiary alicyclic amines) is 1. The van der Waals surface area contributed by atoms with Gasteiger partial charge in [0.15, 0.2) is 0 Å². The molecule has 42 heavy (non-hydrogen) atoms. The van der Waals surface area contributed by atoms with E-state index in [1.165, 1.54) is 16.7 Å². The van der Waals surface area contributed by atoms with Crippen LogP contribution >= 0.6 is 11.6 Å². The number of hydrogen-bond donors (Lipinski definition) is 3. The first-order chi connectivity index (χ1) is 19.9. The lowest BCUT2D eigenvalue weighted by atomic mass is 9.97. The summed E-state index contributed by atoms with van der Waals surface area (Å²) in [6.07, 6.45) is 1.64. The van der Waals surface area contributed by atoms with E-state index in [1.54, 1.807) is 44.6 Å². The second-order valence-corrected chi connectivity index (χ2v) is 10.6. The van der Waals surface area contributed by atoms with Crippen molar-refractivity contribution in [3.8, 4) is 11.1 Å². The molecular weight excluding hydrogens is 570 g/mol. The third-order valence-corrected chi connectivity index (χ3v) is 6.96. The molecular formula is C29H33ClF2N6O4. The number of alkyl halides is 2. The van der Waals surface area contributed by atoms with Crippen LogP contribution in [0.2, 0.25) is 5.02 Å². The van der Waals surface area contributed by atoms with Gasteiger partial charge in [-0.2, -0.15) is 0 Å². The van der Waals surface area contributed by atoms with E-state index >= 15 is 0 Å². The minimum Gasteiger partial charge on any atom is -0.380 e. The molecule has 3 aromatic rings. The highest BCUT2D eigenvalue weighted by molar-refractivity contribution is 6.31. The van der Waals surface area contributed by atoms with E-state index in [0.29, 0.717) is 36.6 Å². The summed E-state index contributed by atoms with van der Waals surface area (Å²) in [5, 5.41) is 9.28. The van der Waals surface area contributed by atoms with Crippen molar-refractivity contribution in [2.24, 2.45) is 7.05 Å². The molecule has 0 bridgehead atoms. The van der Waals surface area contributed by atoms with Crippen LogP contribution in [0.15, 0.2) is 47.4 Å². The third kappa shape index (κ3) is 7.30. The first kappa shape index (κ1) is 31.1. The molecule has 2 aromatic heterocycles. The Morgan fingerprint density at radius 1 is 1.14 bits per heavy atom. The van der Waals surface area contributed by atoms with Crippen LogP contribution in [0, 0.1) is 0 Å². The molecule has 1 fully saturated rings. The minimum atomic E-state index is -2.92. The van der Waals surface area contributed by atoms with Crippen LogP contribution in [0.5, 0.6) is 0 Å². The van der Waals surface area contributed by atoms with Crippen LogP contribution in [0.1, 0.15) is 40.1 Å². The molecule has 0 unspecified atom stereocenters. The quantitative estimate of drug-likeness (QED) is 0.304. The zero-order valence-corrected chi connectivity index (χ0v) is 24.5. The fraction of sp³-hybridized carbons (Fsp3) is 0.379. The van der Waals surface area contributed by atoms with Gasteiger partial charge in [0, 0.05) is 50.6 Å².